The summed E-state index contributed by atoms with van der Waals surface area (Å²) in [7, 11) is 0. The maximum atomic E-state index is 13.3. The predicted molar refractivity (Wildman–Crippen MR) is 69.0 cm³/mol. The average Bonchev–Trinajstić information content (AvgIpc) is 2.36. The summed E-state index contributed by atoms with van der Waals surface area (Å²) < 4.78 is 18.5. The second kappa shape index (κ2) is 7.79. The van der Waals surface area contributed by atoms with Gasteiger partial charge < -0.3 is 15.4 Å². The van der Waals surface area contributed by atoms with Gasteiger partial charge in [-0.25, -0.2) is 4.39 Å². The Balaban J connectivity index is 2.32. The van der Waals surface area contributed by atoms with Gasteiger partial charge in [-0.1, -0.05) is 12.1 Å². The van der Waals surface area contributed by atoms with Crippen molar-refractivity contribution in [3.05, 3.63) is 30.1 Å². The molecule has 0 aliphatic heterocycles. The molecular formula is C13H19FN2O2. The molecule has 0 heterocycles. The second-order valence-electron chi connectivity index (χ2n) is 3.97. The number of anilines is 1. The minimum atomic E-state index is -0.437. The van der Waals surface area contributed by atoms with Crippen LogP contribution in [0.2, 0.25) is 0 Å². The Labute approximate surface area is 107 Å². The first-order valence-corrected chi connectivity index (χ1v) is 5.99. The largest absolute Gasteiger partial charge is 0.380 e. The highest BCUT2D eigenvalue weighted by atomic mass is 19.1. The summed E-state index contributed by atoms with van der Waals surface area (Å²) in [6, 6.07) is 6.16. The summed E-state index contributed by atoms with van der Waals surface area (Å²) in [6.45, 7) is 5.16. The van der Waals surface area contributed by atoms with Gasteiger partial charge in [-0.05, 0) is 26.0 Å². The first-order chi connectivity index (χ1) is 8.63. The van der Waals surface area contributed by atoms with Gasteiger partial charge in [-0.15, -0.1) is 0 Å². The standard InChI is InChI=1S/C13H19FN2O2/c1-3-18-9-10(2)15-8-13(17)16-12-7-5-4-6-11(12)14/h4-7,10,15H,3,8-9H2,1-2H3,(H,16,17). The molecule has 1 rings (SSSR count). The summed E-state index contributed by atoms with van der Waals surface area (Å²) in [4.78, 5) is 11.6. The lowest BCUT2D eigenvalue weighted by molar-refractivity contribution is -0.115. The van der Waals surface area contributed by atoms with Gasteiger partial charge in [0.25, 0.3) is 0 Å². The van der Waals surface area contributed by atoms with Gasteiger partial charge in [0.05, 0.1) is 18.8 Å². The Morgan fingerprint density at radius 2 is 2.17 bits per heavy atom. The topological polar surface area (TPSA) is 50.4 Å². The molecule has 1 aromatic rings. The monoisotopic (exact) mass is 254 g/mol. The van der Waals surface area contributed by atoms with E-state index in [9.17, 15) is 9.18 Å². The number of benzene rings is 1. The SMILES string of the molecule is CCOCC(C)NCC(=O)Nc1ccccc1F. The Morgan fingerprint density at radius 3 is 2.83 bits per heavy atom. The molecule has 2 N–H and O–H groups in total. The van der Waals surface area contributed by atoms with Gasteiger partial charge in [0.2, 0.25) is 5.91 Å². The molecule has 0 fully saturated rings. The average molecular weight is 254 g/mol. The molecule has 1 amide bonds. The van der Waals surface area contributed by atoms with E-state index in [4.69, 9.17) is 4.74 Å². The van der Waals surface area contributed by atoms with Gasteiger partial charge in [0, 0.05) is 12.6 Å². The van der Waals surface area contributed by atoms with Crippen LogP contribution in [0.4, 0.5) is 10.1 Å². The third-order valence-electron chi connectivity index (χ3n) is 2.33. The van der Waals surface area contributed by atoms with Crippen LogP contribution in [-0.4, -0.2) is 31.7 Å². The zero-order valence-corrected chi connectivity index (χ0v) is 10.7. The van der Waals surface area contributed by atoms with Crippen molar-refractivity contribution in [2.24, 2.45) is 0 Å². The van der Waals surface area contributed by atoms with E-state index in [1.807, 2.05) is 13.8 Å². The molecule has 0 saturated carbocycles. The van der Waals surface area contributed by atoms with Gasteiger partial charge >= 0.3 is 0 Å². The molecule has 100 valence electrons. The number of carbonyl (C=O) groups excluding carboxylic acids is 1. The summed E-state index contributed by atoms with van der Waals surface area (Å²) in [6.07, 6.45) is 0. The number of amides is 1. The van der Waals surface area contributed by atoms with Crippen LogP contribution in [0, 0.1) is 5.82 Å². The quantitative estimate of drug-likeness (QED) is 0.780. The van der Waals surface area contributed by atoms with E-state index in [0.29, 0.717) is 13.2 Å². The van der Waals surface area contributed by atoms with Gasteiger partial charge in [-0.2, -0.15) is 0 Å². The van der Waals surface area contributed by atoms with E-state index in [2.05, 4.69) is 10.6 Å². The van der Waals surface area contributed by atoms with Crippen molar-refractivity contribution in [3.63, 3.8) is 0 Å². The highest BCUT2D eigenvalue weighted by molar-refractivity contribution is 5.92. The van der Waals surface area contributed by atoms with Crippen LogP contribution in [0.5, 0.6) is 0 Å². The number of halogens is 1. The molecule has 1 unspecified atom stereocenters. The van der Waals surface area contributed by atoms with Crippen molar-refractivity contribution in [1.29, 1.82) is 0 Å². The van der Waals surface area contributed by atoms with E-state index in [1.54, 1.807) is 12.1 Å². The third-order valence-corrected chi connectivity index (χ3v) is 2.33. The predicted octanol–water partition coefficient (Wildman–Crippen LogP) is 1.78. The van der Waals surface area contributed by atoms with Gasteiger partial charge in [0.15, 0.2) is 0 Å². The molecule has 1 aromatic carbocycles. The van der Waals surface area contributed by atoms with E-state index in [-0.39, 0.29) is 24.2 Å². The van der Waals surface area contributed by atoms with Gasteiger partial charge in [-0.3, -0.25) is 4.79 Å². The molecule has 4 nitrogen and oxygen atoms in total. The fourth-order valence-corrected chi connectivity index (χ4v) is 1.38. The van der Waals surface area contributed by atoms with Crippen molar-refractivity contribution in [1.82, 2.24) is 5.32 Å². The zero-order chi connectivity index (χ0) is 13.4. The molecule has 0 aliphatic rings. The van der Waals surface area contributed by atoms with Crippen molar-refractivity contribution in [2.45, 2.75) is 19.9 Å². The molecular weight excluding hydrogens is 235 g/mol. The number of rotatable bonds is 7. The van der Waals surface area contributed by atoms with Crippen molar-refractivity contribution in [2.75, 3.05) is 25.1 Å². The summed E-state index contributed by atoms with van der Waals surface area (Å²) in [5.74, 6) is -0.711. The maximum absolute atomic E-state index is 13.3. The minimum absolute atomic E-state index is 0.0799. The molecule has 0 saturated heterocycles. The molecule has 0 aromatic heterocycles. The molecule has 18 heavy (non-hydrogen) atoms. The first-order valence-electron chi connectivity index (χ1n) is 5.99. The van der Waals surface area contributed by atoms with Crippen molar-refractivity contribution < 1.29 is 13.9 Å². The van der Waals surface area contributed by atoms with Crippen LogP contribution in [0.1, 0.15) is 13.8 Å². The van der Waals surface area contributed by atoms with Crippen LogP contribution in [-0.2, 0) is 9.53 Å². The number of hydrogen-bond acceptors (Lipinski definition) is 3. The minimum Gasteiger partial charge on any atom is -0.380 e. The lowest BCUT2D eigenvalue weighted by Gasteiger charge is -2.13. The van der Waals surface area contributed by atoms with Crippen molar-refractivity contribution in [3.8, 4) is 0 Å². The molecule has 1 atom stereocenters. The highest BCUT2D eigenvalue weighted by Gasteiger charge is 2.08. The van der Waals surface area contributed by atoms with Crippen LogP contribution >= 0.6 is 0 Å². The van der Waals surface area contributed by atoms with E-state index in [1.165, 1.54) is 12.1 Å². The molecule has 0 aliphatic carbocycles. The smallest absolute Gasteiger partial charge is 0.238 e. The number of hydrogen-bond donors (Lipinski definition) is 2. The summed E-state index contributed by atoms with van der Waals surface area (Å²) in [5.41, 5.74) is 0.196. The van der Waals surface area contributed by atoms with E-state index >= 15 is 0 Å². The van der Waals surface area contributed by atoms with Crippen LogP contribution < -0.4 is 10.6 Å². The van der Waals surface area contributed by atoms with E-state index < -0.39 is 5.82 Å². The Hall–Kier alpha value is -1.46. The molecule has 0 radical (unpaired) electrons. The Bertz CT molecular complexity index is 385. The normalized spacial score (nSPS) is 12.2. The Kier molecular flexibility index (Phi) is 6.32. The zero-order valence-electron chi connectivity index (χ0n) is 10.7. The fraction of sp³-hybridized carbons (Fsp3) is 0.462. The van der Waals surface area contributed by atoms with Crippen molar-refractivity contribution >= 4 is 11.6 Å². The van der Waals surface area contributed by atoms with Crippen LogP contribution in [0.25, 0.3) is 0 Å². The summed E-state index contributed by atoms with van der Waals surface area (Å²) >= 11 is 0. The maximum Gasteiger partial charge on any atom is 0.238 e. The highest BCUT2D eigenvalue weighted by Crippen LogP contribution is 2.11. The van der Waals surface area contributed by atoms with Crippen LogP contribution in [0.15, 0.2) is 24.3 Å². The molecule has 5 heteroatoms. The second-order valence-corrected chi connectivity index (χ2v) is 3.97. The first kappa shape index (κ1) is 14.6. The number of ether oxygens (including phenoxy) is 1. The molecule has 0 spiro atoms. The summed E-state index contributed by atoms with van der Waals surface area (Å²) in [5, 5.41) is 5.50. The third kappa shape index (κ3) is 5.25. The van der Waals surface area contributed by atoms with Gasteiger partial charge in [0.1, 0.15) is 5.82 Å². The number of para-hydroxylation sites is 1. The number of carbonyl (C=O) groups is 1. The molecule has 0 bridgehead atoms. The lowest BCUT2D eigenvalue weighted by Crippen LogP contribution is -2.37. The Morgan fingerprint density at radius 1 is 1.44 bits per heavy atom. The number of nitrogens with one attached hydrogen (secondary N) is 2. The lowest BCUT2D eigenvalue weighted by atomic mass is 10.3. The fourth-order valence-electron chi connectivity index (χ4n) is 1.38. The van der Waals surface area contributed by atoms with Crippen LogP contribution in [0.3, 0.4) is 0 Å². The van der Waals surface area contributed by atoms with E-state index in [0.717, 1.165) is 0 Å².